The third kappa shape index (κ3) is 4.51. The molecule has 142 valence electrons. The van der Waals surface area contributed by atoms with E-state index in [2.05, 4.69) is 101 Å². The number of allylic oxidation sites excluding steroid dienone is 2. The van der Waals surface area contributed by atoms with E-state index in [0.717, 1.165) is 13.0 Å². The monoisotopic (exact) mass is 360 g/mol. The summed E-state index contributed by atoms with van der Waals surface area (Å²) in [5, 5.41) is 3.78. The fourth-order valence-corrected chi connectivity index (χ4v) is 4.11. The summed E-state index contributed by atoms with van der Waals surface area (Å²) < 4.78 is 0. The first kappa shape index (κ1) is 19.4. The number of hydrogen-bond donors (Lipinski definition) is 1. The number of anilines is 1. The number of hydrogen-bond acceptors (Lipinski definition) is 2. The molecule has 0 radical (unpaired) electrons. The zero-order valence-corrected chi connectivity index (χ0v) is 17.6. The zero-order chi connectivity index (χ0) is 19.6. The van der Waals surface area contributed by atoms with Crippen LogP contribution in [-0.2, 0) is 0 Å². The van der Waals surface area contributed by atoms with E-state index >= 15 is 0 Å². The van der Waals surface area contributed by atoms with Crippen LogP contribution >= 0.6 is 0 Å². The molecule has 1 unspecified atom stereocenters. The molecular formula is C25H32N2. The maximum absolute atomic E-state index is 3.78. The second-order valence-corrected chi connectivity index (χ2v) is 8.12. The molecule has 0 amide bonds. The minimum atomic E-state index is 0.250. The van der Waals surface area contributed by atoms with E-state index in [1.54, 1.807) is 0 Å². The average molecular weight is 361 g/mol. The van der Waals surface area contributed by atoms with Crippen LogP contribution in [0, 0.1) is 20.8 Å². The lowest BCUT2D eigenvalue weighted by Gasteiger charge is -2.22. The highest BCUT2D eigenvalue weighted by atomic mass is 15.0. The molecule has 0 aliphatic heterocycles. The van der Waals surface area contributed by atoms with Gasteiger partial charge >= 0.3 is 0 Å². The number of nitrogens with zero attached hydrogens (tertiary/aromatic N) is 1. The average Bonchev–Trinajstić information content (AvgIpc) is 3.05. The van der Waals surface area contributed by atoms with Crippen molar-refractivity contribution >= 4 is 11.3 Å². The van der Waals surface area contributed by atoms with Crippen molar-refractivity contribution in [1.29, 1.82) is 0 Å². The van der Waals surface area contributed by atoms with Crippen LogP contribution in [0.1, 0.15) is 47.2 Å². The SMILES string of the molecule is Cc1cc(C)c(NC(C)c2ccccc2C2=CC(CN(C)C)=CC2)c(C)c1. The Bertz CT molecular complexity index is 864. The van der Waals surface area contributed by atoms with Crippen molar-refractivity contribution in [2.24, 2.45) is 0 Å². The number of likely N-dealkylation sites (N-methyl/N-ethyl adjacent to an activating group) is 1. The molecule has 2 nitrogen and oxygen atoms in total. The van der Waals surface area contributed by atoms with E-state index in [0.29, 0.717) is 0 Å². The topological polar surface area (TPSA) is 15.3 Å². The fraction of sp³-hybridized carbons (Fsp3) is 0.360. The molecule has 27 heavy (non-hydrogen) atoms. The lowest BCUT2D eigenvalue weighted by molar-refractivity contribution is 0.449. The van der Waals surface area contributed by atoms with Crippen LogP contribution in [0.5, 0.6) is 0 Å². The highest BCUT2D eigenvalue weighted by molar-refractivity contribution is 5.75. The number of benzene rings is 2. The molecule has 0 spiro atoms. The summed E-state index contributed by atoms with van der Waals surface area (Å²) in [5.74, 6) is 0. The lowest BCUT2D eigenvalue weighted by atomic mass is 9.94. The molecule has 0 aromatic heterocycles. The van der Waals surface area contributed by atoms with Crippen LogP contribution in [0.4, 0.5) is 5.69 Å². The molecule has 2 aromatic carbocycles. The molecule has 1 aliphatic rings. The highest BCUT2D eigenvalue weighted by Crippen LogP contribution is 2.34. The van der Waals surface area contributed by atoms with E-state index in [-0.39, 0.29) is 6.04 Å². The second-order valence-electron chi connectivity index (χ2n) is 8.12. The van der Waals surface area contributed by atoms with Crippen molar-refractivity contribution in [3.63, 3.8) is 0 Å². The molecule has 1 N–H and O–H groups in total. The molecule has 2 heteroatoms. The van der Waals surface area contributed by atoms with Crippen LogP contribution in [0.3, 0.4) is 0 Å². The Kier molecular flexibility index (Phi) is 5.86. The van der Waals surface area contributed by atoms with Gasteiger partial charge in [0.05, 0.1) is 0 Å². The largest absolute Gasteiger partial charge is 0.378 e. The van der Waals surface area contributed by atoms with Gasteiger partial charge in [0.15, 0.2) is 0 Å². The molecule has 0 bridgehead atoms. The molecular weight excluding hydrogens is 328 g/mol. The zero-order valence-electron chi connectivity index (χ0n) is 17.6. The number of nitrogens with one attached hydrogen (secondary N) is 1. The predicted octanol–water partition coefficient (Wildman–Crippen LogP) is 6.06. The molecule has 1 aliphatic carbocycles. The van der Waals surface area contributed by atoms with Crippen LogP contribution < -0.4 is 5.32 Å². The molecule has 0 saturated heterocycles. The van der Waals surface area contributed by atoms with Crippen LogP contribution in [0.2, 0.25) is 0 Å². The van der Waals surface area contributed by atoms with Gasteiger partial charge in [-0.25, -0.2) is 0 Å². The Morgan fingerprint density at radius 3 is 2.37 bits per heavy atom. The van der Waals surface area contributed by atoms with Crippen molar-refractivity contribution < 1.29 is 0 Å². The fourth-order valence-electron chi connectivity index (χ4n) is 4.11. The van der Waals surface area contributed by atoms with Gasteiger partial charge < -0.3 is 10.2 Å². The molecule has 0 fully saturated rings. The first-order valence-corrected chi connectivity index (χ1v) is 9.83. The standard InChI is InChI=1S/C25H32N2/c1-17-13-18(2)25(19(3)14-17)26-20(4)23-9-7-8-10-24(23)22-12-11-21(15-22)16-27(5)6/h7-11,13-15,20,26H,12,16H2,1-6H3. The van der Waals surface area contributed by atoms with Crippen LogP contribution in [0.25, 0.3) is 5.57 Å². The van der Waals surface area contributed by atoms with Crippen molar-refractivity contribution in [3.8, 4) is 0 Å². The first-order valence-electron chi connectivity index (χ1n) is 9.83. The summed E-state index contributed by atoms with van der Waals surface area (Å²) in [5.41, 5.74) is 10.8. The molecule has 0 saturated carbocycles. The maximum atomic E-state index is 3.78. The van der Waals surface area contributed by atoms with Crippen molar-refractivity contribution in [2.75, 3.05) is 26.0 Å². The summed E-state index contributed by atoms with van der Waals surface area (Å²) >= 11 is 0. The highest BCUT2D eigenvalue weighted by Gasteiger charge is 2.17. The van der Waals surface area contributed by atoms with Gasteiger partial charge in [0, 0.05) is 18.3 Å². The first-order chi connectivity index (χ1) is 12.8. The van der Waals surface area contributed by atoms with Crippen molar-refractivity contribution in [1.82, 2.24) is 4.90 Å². The summed E-state index contributed by atoms with van der Waals surface area (Å²) in [6, 6.07) is 13.6. The summed E-state index contributed by atoms with van der Waals surface area (Å²) in [6.07, 6.45) is 5.75. The Balaban J connectivity index is 1.87. The van der Waals surface area contributed by atoms with Gasteiger partial charge in [-0.05, 0) is 81.6 Å². The smallest absolute Gasteiger partial charge is 0.0491 e. The van der Waals surface area contributed by atoms with Crippen molar-refractivity contribution in [3.05, 3.63) is 81.9 Å². The molecule has 0 heterocycles. The van der Waals surface area contributed by atoms with Crippen molar-refractivity contribution in [2.45, 2.75) is 40.2 Å². The summed E-state index contributed by atoms with van der Waals surface area (Å²) in [7, 11) is 4.25. The van der Waals surface area contributed by atoms with Gasteiger partial charge in [0.2, 0.25) is 0 Å². The molecule has 3 rings (SSSR count). The minimum absolute atomic E-state index is 0.250. The van der Waals surface area contributed by atoms with Gasteiger partial charge in [0.1, 0.15) is 0 Å². The quantitative estimate of drug-likeness (QED) is 0.673. The van der Waals surface area contributed by atoms with E-state index in [9.17, 15) is 0 Å². The third-order valence-electron chi connectivity index (χ3n) is 5.25. The maximum Gasteiger partial charge on any atom is 0.0491 e. The Labute approximate surface area is 164 Å². The third-order valence-corrected chi connectivity index (χ3v) is 5.25. The van der Waals surface area contributed by atoms with E-state index in [1.165, 1.54) is 44.7 Å². The summed E-state index contributed by atoms with van der Waals surface area (Å²) in [4.78, 5) is 2.23. The normalized spacial score (nSPS) is 14.9. The minimum Gasteiger partial charge on any atom is -0.378 e. The van der Waals surface area contributed by atoms with Gasteiger partial charge in [-0.2, -0.15) is 0 Å². The van der Waals surface area contributed by atoms with E-state index in [1.807, 2.05) is 0 Å². The van der Waals surface area contributed by atoms with Gasteiger partial charge in [0.25, 0.3) is 0 Å². The van der Waals surface area contributed by atoms with Crippen LogP contribution in [-0.4, -0.2) is 25.5 Å². The predicted molar refractivity (Wildman–Crippen MR) is 118 cm³/mol. The number of rotatable bonds is 6. The lowest BCUT2D eigenvalue weighted by Crippen LogP contribution is -2.13. The second kappa shape index (κ2) is 8.14. The Morgan fingerprint density at radius 2 is 1.70 bits per heavy atom. The number of aryl methyl sites for hydroxylation is 3. The van der Waals surface area contributed by atoms with E-state index in [4.69, 9.17) is 0 Å². The van der Waals surface area contributed by atoms with E-state index < -0.39 is 0 Å². The molecule has 2 aromatic rings. The van der Waals surface area contributed by atoms with Gasteiger partial charge in [-0.1, -0.05) is 54.1 Å². The Hall–Kier alpha value is -2.32. The molecule has 1 atom stereocenters. The Morgan fingerprint density at radius 1 is 1.04 bits per heavy atom. The van der Waals surface area contributed by atoms with Crippen LogP contribution in [0.15, 0.2) is 54.1 Å². The summed E-state index contributed by atoms with van der Waals surface area (Å²) in [6.45, 7) is 9.81. The van der Waals surface area contributed by atoms with Gasteiger partial charge in [-0.15, -0.1) is 0 Å². The van der Waals surface area contributed by atoms with Gasteiger partial charge in [-0.3, -0.25) is 0 Å².